The summed E-state index contributed by atoms with van der Waals surface area (Å²) in [6, 6.07) is 23.9. The van der Waals surface area contributed by atoms with Gasteiger partial charge in [0.1, 0.15) is 6.61 Å². The highest BCUT2D eigenvalue weighted by atomic mass is 19.4. The largest absolute Gasteiger partial charge is 0.461 e. The number of carbonyl (C=O) groups excluding carboxylic acids is 2. The molecular weight excluding hydrogens is 553 g/mol. The van der Waals surface area contributed by atoms with Crippen LogP contribution in [-0.4, -0.2) is 21.7 Å². The topological polar surface area (TPSA) is 69.2 Å². The van der Waals surface area contributed by atoms with Gasteiger partial charge in [-0.15, -0.1) is 0 Å². The van der Waals surface area contributed by atoms with E-state index >= 15 is 0 Å². The lowest BCUT2D eigenvalue weighted by Gasteiger charge is -2.14. The second-order valence-electron chi connectivity index (χ2n) is 10.1. The molecule has 0 spiro atoms. The van der Waals surface area contributed by atoms with Crippen LogP contribution in [0.3, 0.4) is 0 Å². The molecule has 8 heteroatoms. The van der Waals surface area contributed by atoms with Crippen LogP contribution in [0.25, 0.3) is 28.1 Å². The van der Waals surface area contributed by atoms with E-state index in [0.29, 0.717) is 22.3 Å². The van der Waals surface area contributed by atoms with Crippen molar-refractivity contribution in [3.8, 4) is 11.1 Å². The fourth-order valence-corrected chi connectivity index (χ4v) is 4.69. The molecule has 5 nitrogen and oxygen atoms in total. The van der Waals surface area contributed by atoms with Crippen LogP contribution in [0.1, 0.15) is 40.4 Å². The molecule has 43 heavy (non-hydrogen) atoms. The van der Waals surface area contributed by atoms with Crippen LogP contribution in [0.5, 0.6) is 0 Å². The van der Waals surface area contributed by atoms with Crippen LogP contribution in [-0.2, 0) is 40.0 Å². The predicted molar refractivity (Wildman–Crippen MR) is 159 cm³/mol. The molecule has 0 atom stereocenters. The maximum absolute atomic E-state index is 13.4. The van der Waals surface area contributed by atoms with E-state index in [0.717, 1.165) is 39.8 Å². The number of hydrogen-bond acceptors (Lipinski definition) is 5. The van der Waals surface area contributed by atoms with Gasteiger partial charge < -0.3 is 4.74 Å². The Kier molecular flexibility index (Phi) is 8.76. The first-order valence-electron chi connectivity index (χ1n) is 13.6. The SMILES string of the molecule is CC(=O)/C=C/c1cnc2ccc(-c3ccc(CC(=O)OCc4ccccc4)nc3)cc2c1Cc1cccc(C(F)(F)F)c1. The molecule has 0 saturated carbocycles. The zero-order valence-corrected chi connectivity index (χ0v) is 23.3. The molecule has 0 aliphatic carbocycles. The van der Waals surface area contributed by atoms with Crippen molar-refractivity contribution in [1.29, 1.82) is 0 Å². The van der Waals surface area contributed by atoms with E-state index in [-0.39, 0.29) is 31.2 Å². The van der Waals surface area contributed by atoms with Crippen molar-refractivity contribution < 1.29 is 27.5 Å². The van der Waals surface area contributed by atoms with Gasteiger partial charge in [-0.2, -0.15) is 13.2 Å². The minimum Gasteiger partial charge on any atom is -0.461 e. The van der Waals surface area contributed by atoms with E-state index in [1.54, 1.807) is 30.6 Å². The molecule has 0 aliphatic rings. The van der Waals surface area contributed by atoms with Gasteiger partial charge in [-0.3, -0.25) is 19.6 Å². The number of rotatable bonds is 9. The summed E-state index contributed by atoms with van der Waals surface area (Å²) in [5.41, 5.74) is 4.88. The smallest absolute Gasteiger partial charge is 0.416 e. The van der Waals surface area contributed by atoms with Gasteiger partial charge in [0.25, 0.3) is 0 Å². The molecule has 0 N–H and O–H groups in total. The van der Waals surface area contributed by atoms with Crippen molar-refractivity contribution in [2.45, 2.75) is 32.5 Å². The number of nitrogens with zero attached hydrogens (tertiary/aromatic N) is 2. The van der Waals surface area contributed by atoms with Gasteiger partial charge in [-0.05, 0) is 77.6 Å². The Balaban J connectivity index is 1.43. The van der Waals surface area contributed by atoms with Crippen LogP contribution in [0, 0.1) is 0 Å². The van der Waals surface area contributed by atoms with Crippen molar-refractivity contribution in [2.75, 3.05) is 0 Å². The first kappa shape index (κ1) is 29.4. The molecule has 3 aromatic carbocycles. The van der Waals surface area contributed by atoms with Crippen LogP contribution in [0.15, 0.2) is 103 Å². The van der Waals surface area contributed by atoms with Gasteiger partial charge in [0, 0.05) is 23.3 Å². The maximum Gasteiger partial charge on any atom is 0.416 e. The van der Waals surface area contributed by atoms with Gasteiger partial charge in [0.05, 0.1) is 23.2 Å². The highest BCUT2D eigenvalue weighted by Gasteiger charge is 2.30. The molecule has 0 unspecified atom stereocenters. The number of aromatic nitrogens is 2. The summed E-state index contributed by atoms with van der Waals surface area (Å²) in [4.78, 5) is 33.0. The van der Waals surface area contributed by atoms with E-state index in [1.165, 1.54) is 19.1 Å². The lowest BCUT2D eigenvalue weighted by molar-refractivity contribution is -0.144. The number of alkyl halides is 3. The minimum atomic E-state index is -4.46. The molecule has 0 amide bonds. The summed E-state index contributed by atoms with van der Waals surface area (Å²) in [5.74, 6) is -0.541. The highest BCUT2D eigenvalue weighted by Crippen LogP contribution is 2.32. The van der Waals surface area contributed by atoms with E-state index < -0.39 is 11.7 Å². The molecule has 2 aromatic heterocycles. The zero-order valence-electron chi connectivity index (χ0n) is 23.3. The van der Waals surface area contributed by atoms with Crippen molar-refractivity contribution in [3.63, 3.8) is 0 Å². The van der Waals surface area contributed by atoms with Crippen LogP contribution >= 0.6 is 0 Å². The fraction of sp³-hybridized carbons (Fsp3) is 0.143. The number of ether oxygens (including phenoxy) is 1. The molecule has 0 aliphatic heterocycles. The number of carbonyl (C=O) groups is 2. The van der Waals surface area contributed by atoms with E-state index in [9.17, 15) is 22.8 Å². The normalized spacial score (nSPS) is 11.6. The second kappa shape index (κ2) is 12.8. The van der Waals surface area contributed by atoms with Crippen molar-refractivity contribution in [1.82, 2.24) is 9.97 Å². The standard InChI is InChI=1S/C35H27F3N2O3/c1-23(41)10-11-28-21-40-33-15-13-26(18-32(33)31(28)17-25-8-5-9-29(16-25)35(36,37)38)27-12-14-30(39-20-27)19-34(42)43-22-24-6-3-2-4-7-24/h2-16,18,20-21H,17,19,22H2,1H3/b11-10+. The Bertz CT molecular complexity index is 1800. The Morgan fingerprint density at radius 1 is 0.837 bits per heavy atom. The van der Waals surface area contributed by atoms with Gasteiger partial charge in [-0.25, -0.2) is 0 Å². The van der Waals surface area contributed by atoms with Crippen molar-refractivity contribution in [2.24, 2.45) is 0 Å². The van der Waals surface area contributed by atoms with Gasteiger partial charge in [-0.1, -0.05) is 60.7 Å². The Morgan fingerprint density at radius 2 is 1.60 bits per heavy atom. The number of pyridine rings is 2. The summed E-state index contributed by atoms with van der Waals surface area (Å²) in [7, 11) is 0. The van der Waals surface area contributed by atoms with E-state index in [1.807, 2.05) is 54.6 Å². The third-order valence-electron chi connectivity index (χ3n) is 6.87. The minimum absolute atomic E-state index is 0.0295. The van der Waals surface area contributed by atoms with Gasteiger partial charge in [0.15, 0.2) is 5.78 Å². The number of halogens is 3. The lowest BCUT2D eigenvalue weighted by atomic mass is 9.93. The number of esters is 1. The Hall–Kier alpha value is -5.11. The molecule has 0 saturated heterocycles. The second-order valence-corrected chi connectivity index (χ2v) is 10.1. The molecule has 0 fully saturated rings. The van der Waals surface area contributed by atoms with Crippen LogP contribution in [0.2, 0.25) is 0 Å². The number of hydrogen-bond donors (Lipinski definition) is 0. The fourth-order valence-electron chi connectivity index (χ4n) is 4.69. The monoisotopic (exact) mass is 580 g/mol. The third kappa shape index (κ3) is 7.60. The summed E-state index contributed by atoms with van der Waals surface area (Å²) in [5, 5.41) is 0.745. The summed E-state index contributed by atoms with van der Waals surface area (Å²) < 4.78 is 45.6. The Morgan fingerprint density at radius 3 is 2.33 bits per heavy atom. The van der Waals surface area contributed by atoms with Gasteiger partial charge >= 0.3 is 12.1 Å². The first-order chi connectivity index (χ1) is 20.7. The molecule has 0 bridgehead atoms. The van der Waals surface area contributed by atoms with Crippen LogP contribution < -0.4 is 0 Å². The average molecular weight is 581 g/mol. The zero-order chi connectivity index (χ0) is 30.4. The lowest BCUT2D eigenvalue weighted by Crippen LogP contribution is -2.09. The average Bonchev–Trinajstić information content (AvgIpc) is 3.00. The molecular formula is C35H27F3N2O3. The van der Waals surface area contributed by atoms with Gasteiger partial charge in [0.2, 0.25) is 0 Å². The summed E-state index contributed by atoms with van der Waals surface area (Å²) >= 11 is 0. The molecule has 216 valence electrons. The maximum atomic E-state index is 13.4. The van der Waals surface area contributed by atoms with Crippen molar-refractivity contribution >= 4 is 28.7 Å². The quantitative estimate of drug-likeness (QED) is 0.131. The molecule has 5 rings (SSSR count). The van der Waals surface area contributed by atoms with Crippen LogP contribution in [0.4, 0.5) is 13.2 Å². The number of allylic oxidation sites excluding steroid dienone is 1. The predicted octanol–water partition coefficient (Wildman–Crippen LogP) is 7.79. The number of fused-ring (bicyclic) bond motifs is 1. The number of ketones is 1. The highest BCUT2D eigenvalue weighted by molar-refractivity contribution is 5.94. The van der Waals surface area contributed by atoms with E-state index in [2.05, 4.69) is 9.97 Å². The first-order valence-corrected chi connectivity index (χ1v) is 13.6. The van der Waals surface area contributed by atoms with Crippen molar-refractivity contribution in [3.05, 3.63) is 137 Å². The molecule has 5 aromatic rings. The molecule has 2 heterocycles. The molecule has 0 radical (unpaired) electrons. The van der Waals surface area contributed by atoms with E-state index in [4.69, 9.17) is 4.74 Å². The number of benzene rings is 3. The summed E-state index contributed by atoms with van der Waals surface area (Å²) in [6.07, 6.45) is 2.11. The third-order valence-corrected chi connectivity index (χ3v) is 6.87. The summed E-state index contributed by atoms with van der Waals surface area (Å²) in [6.45, 7) is 1.62. The Labute approximate surface area is 246 Å².